The molecule has 13 heteroatoms. The standard InChI is InChI=1S/C33H45FN10O2/c1-21-13-14-22(31(45)38-25-10-4-3-5-11-25)19-43(21)29-17-27(40-33(36-2)41-29)28-18-37-30(39-28)32(46)44(26-12-6-8-23(34)16-26)42-15-7-9-24(35)20-42/h6,8,12,16-18,21-22,24-25H,3-5,7,9-11,13-15,19-20,35H2,1-2H3,(H,37,39)(H,38,45)(H,36,40,41). The number of imidazole rings is 1. The molecule has 2 saturated heterocycles. The third-order valence-electron chi connectivity index (χ3n) is 9.45. The van der Waals surface area contributed by atoms with Crippen LogP contribution in [0.2, 0.25) is 0 Å². The zero-order valence-corrected chi connectivity index (χ0v) is 26.7. The number of carbonyl (C=O) groups is 2. The maximum Gasteiger partial charge on any atom is 0.308 e. The van der Waals surface area contributed by atoms with Crippen molar-refractivity contribution < 1.29 is 14.0 Å². The molecule has 2 aromatic heterocycles. The van der Waals surface area contributed by atoms with E-state index in [-0.39, 0.29) is 35.8 Å². The molecule has 1 aromatic carbocycles. The van der Waals surface area contributed by atoms with Crippen LogP contribution in [0.3, 0.4) is 0 Å². The van der Waals surface area contributed by atoms with Crippen LogP contribution in [-0.4, -0.2) is 81.6 Å². The first-order chi connectivity index (χ1) is 22.3. The molecule has 12 nitrogen and oxygen atoms in total. The molecule has 3 aromatic rings. The Bertz CT molecular complexity index is 1530. The number of carbonyl (C=O) groups excluding carboxylic acids is 2. The molecule has 4 heterocycles. The fourth-order valence-electron chi connectivity index (χ4n) is 6.89. The summed E-state index contributed by atoms with van der Waals surface area (Å²) in [5.41, 5.74) is 7.74. The summed E-state index contributed by atoms with van der Waals surface area (Å²) < 4.78 is 14.3. The van der Waals surface area contributed by atoms with Crippen molar-refractivity contribution in [3.05, 3.63) is 48.2 Å². The van der Waals surface area contributed by atoms with Crippen molar-refractivity contribution in [1.82, 2.24) is 30.3 Å². The quantitative estimate of drug-likeness (QED) is 0.288. The van der Waals surface area contributed by atoms with E-state index in [1.165, 1.54) is 36.4 Å². The Kier molecular flexibility index (Phi) is 9.78. The van der Waals surface area contributed by atoms with Crippen LogP contribution in [0.15, 0.2) is 36.5 Å². The number of aromatic nitrogens is 4. The van der Waals surface area contributed by atoms with Gasteiger partial charge >= 0.3 is 5.91 Å². The van der Waals surface area contributed by atoms with Crippen LogP contribution in [0.1, 0.15) is 75.3 Å². The molecule has 2 aliphatic heterocycles. The molecule has 6 rings (SSSR count). The smallest absolute Gasteiger partial charge is 0.308 e. The topological polar surface area (TPSA) is 148 Å². The first kappa shape index (κ1) is 31.9. The van der Waals surface area contributed by atoms with Gasteiger partial charge in [0.25, 0.3) is 0 Å². The number of nitrogens with one attached hydrogen (secondary N) is 3. The van der Waals surface area contributed by atoms with Gasteiger partial charge in [0.15, 0.2) is 5.82 Å². The lowest BCUT2D eigenvalue weighted by Crippen LogP contribution is -2.54. The monoisotopic (exact) mass is 632 g/mol. The van der Waals surface area contributed by atoms with Crippen molar-refractivity contribution in [3.63, 3.8) is 0 Å². The van der Waals surface area contributed by atoms with Crippen molar-refractivity contribution in [1.29, 1.82) is 0 Å². The highest BCUT2D eigenvalue weighted by Crippen LogP contribution is 2.31. The van der Waals surface area contributed by atoms with Gasteiger partial charge in [-0.25, -0.2) is 24.4 Å². The van der Waals surface area contributed by atoms with Crippen molar-refractivity contribution in [2.45, 2.75) is 82.8 Å². The SMILES string of the molecule is CNc1nc(-c2cnc(C(=O)N(c3cccc(F)c3)N3CCCC(N)C3)[nH]2)cc(N2CC(C(=O)NC3CCCCC3)CCC2C)n1. The van der Waals surface area contributed by atoms with Crippen LogP contribution in [-0.2, 0) is 4.79 Å². The lowest BCUT2D eigenvalue weighted by Gasteiger charge is -2.39. The number of amides is 2. The fourth-order valence-corrected chi connectivity index (χ4v) is 6.89. The maximum atomic E-state index is 14.3. The van der Waals surface area contributed by atoms with E-state index in [0.717, 1.165) is 38.5 Å². The summed E-state index contributed by atoms with van der Waals surface area (Å²) in [6, 6.07) is 8.18. The van der Waals surface area contributed by atoms with Gasteiger partial charge < -0.3 is 26.3 Å². The molecule has 2 amide bonds. The molecule has 1 aliphatic carbocycles. The number of piperidine rings is 2. The highest BCUT2D eigenvalue weighted by atomic mass is 19.1. The fraction of sp³-hybridized carbons (Fsp3) is 0.545. The normalized spacial score (nSPS) is 22.8. The van der Waals surface area contributed by atoms with E-state index in [9.17, 15) is 14.0 Å². The Hall–Kier alpha value is -4.10. The summed E-state index contributed by atoms with van der Waals surface area (Å²) in [5, 5.41) is 9.67. The number of hydrogen-bond donors (Lipinski definition) is 4. The Labute approximate surface area is 269 Å². The molecule has 246 valence electrons. The van der Waals surface area contributed by atoms with E-state index >= 15 is 0 Å². The number of benzene rings is 1. The molecular formula is C33H45FN10O2. The number of rotatable bonds is 8. The van der Waals surface area contributed by atoms with Gasteiger partial charge in [-0.05, 0) is 63.6 Å². The molecular weight excluding hydrogens is 587 g/mol. The van der Waals surface area contributed by atoms with Crippen LogP contribution >= 0.6 is 0 Å². The number of anilines is 3. The second-order valence-electron chi connectivity index (χ2n) is 12.9. The summed E-state index contributed by atoms with van der Waals surface area (Å²) in [4.78, 5) is 46.4. The van der Waals surface area contributed by atoms with Crippen LogP contribution < -0.4 is 26.3 Å². The highest BCUT2D eigenvalue weighted by molar-refractivity contribution is 6.03. The first-order valence-corrected chi connectivity index (χ1v) is 16.6. The van der Waals surface area contributed by atoms with Gasteiger partial charge in [0, 0.05) is 50.9 Å². The molecule has 5 N–H and O–H groups in total. The zero-order valence-electron chi connectivity index (χ0n) is 26.7. The van der Waals surface area contributed by atoms with Crippen LogP contribution in [0.4, 0.5) is 21.8 Å². The molecule has 46 heavy (non-hydrogen) atoms. The summed E-state index contributed by atoms with van der Waals surface area (Å²) in [6.07, 6.45) is 10.7. The molecule has 0 radical (unpaired) electrons. The summed E-state index contributed by atoms with van der Waals surface area (Å²) in [6.45, 7) is 3.78. The van der Waals surface area contributed by atoms with Crippen LogP contribution in [0, 0.1) is 11.7 Å². The van der Waals surface area contributed by atoms with Gasteiger partial charge in [-0.3, -0.25) is 9.59 Å². The molecule has 0 spiro atoms. The van der Waals surface area contributed by atoms with Gasteiger partial charge in [0.1, 0.15) is 11.6 Å². The Morgan fingerprint density at radius 1 is 1.04 bits per heavy atom. The Morgan fingerprint density at radius 3 is 2.63 bits per heavy atom. The number of halogens is 1. The summed E-state index contributed by atoms with van der Waals surface area (Å²) in [7, 11) is 1.76. The largest absolute Gasteiger partial charge is 0.357 e. The third-order valence-corrected chi connectivity index (χ3v) is 9.45. The molecule has 3 aliphatic rings. The second-order valence-corrected chi connectivity index (χ2v) is 12.9. The lowest BCUT2D eigenvalue weighted by molar-refractivity contribution is -0.126. The van der Waals surface area contributed by atoms with Gasteiger partial charge in [-0.1, -0.05) is 25.3 Å². The number of hydrazine groups is 1. The third kappa shape index (κ3) is 7.15. The molecule has 1 saturated carbocycles. The number of nitrogens with two attached hydrogens (primary N) is 1. The molecule has 3 unspecified atom stereocenters. The van der Waals surface area contributed by atoms with E-state index < -0.39 is 11.7 Å². The number of nitrogens with zero attached hydrogens (tertiary/aromatic N) is 6. The molecule has 3 atom stereocenters. The predicted octanol–water partition coefficient (Wildman–Crippen LogP) is 4.09. The highest BCUT2D eigenvalue weighted by Gasteiger charge is 2.33. The van der Waals surface area contributed by atoms with Gasteiger partial charge in [0.2, 0.25) is 11.9 Å². The van der Waals surface area contributed by atoms with Gasteiger partial charge in [-0.15, -0.1) is 0 Å². The van der Waals surface area contributed by atoms with Gasteiger partial charge in [0.05, 0.1) is 29.2 Å². The van der Waals surface area contributed by atoms with Crippen molar-refractivity contribution in [3.8, 4) is 11.4 Å². The van der Waals surface area contributed by atoms with E-state index in [1.54, 1.807) is 25.4 Å². The molecule has 0 bridgehead atoms. The Balaban J connectivity index is 1.24. The van der Waals surface area contributed by atoms with E-state index in [0.29, 0.717) is 48.5 Å². The average molecular weight is 633 g/mol. The minimum atomic E-state index is -0.439. The average Bonchev–Trinajstić information content (AvgIpc) is 3.56. The number of aromatic amines is 1. The van der Waals surface area contributed by atoms with E-state index in [2.05, 4.69) is 37.4 Å². The Morgan fingerprint density at radius 2 is 1.87 bits per heavy atom. The summed E-state index contributed by atoms with van der Waals surface area (Å²) in [5.74, 6) is 0.345. The second kappa shape index (κ2) is 14.1. The van der Waals surface area contributed by atoms with Crippen molar-refractivity contribution in [2.75, 3.05) is 41.9 Å². The van der Waals surface area contributed by atoms with Crippen molar-refractivity contribution >= 4 is 29.3 Å². The first-order valence-electron chi connectivity index (χ1n) is 16.6. The van der Waals surface area contributed by atoms with Crippen LogP contribution in [0.5, 0.6) is 0 Å². The number of hydrogen-bond acceptors (Lipinski definition) is 9. The van der Waals surface area contributed by atoms with E-state index in [1.807, 2.05) is 11.1 Å². The van der Waals surface area contributed by atoms with Crippen LogP contribution in [0.25, 0.3) is 11.4 Å². The lowest BCUT2D eigenvalue weighted by atomic mass is 9.91. The van der Waals surface area contributed by atoms with Gasteiger partial charge in [-0.2, -0.15) is 4.98 Å². The predicted molar refractivity (Wildman–Crippen MR) is 176 cm³/mol. The minimum absolute atomic E-state index is 0.0929. The number of H-pyrrole nitrogens is 1. The minimum Gasteiger partial charge on any atom is -0.357 e. The maximum absolute atomic E-state index is 14.3. The summed E-state index contributed by atoms with van der Waals surface area (Å²) >= 11 is 0. The van der Waals surface area contributed by atoms with Crippen molar-refractivity contribution in [2.24, 2.45) is 11.7 Å². The molecule has 3 fully saturated rings. The van der Waals surface area contributed by atoms with E-state index in [4.69, 9.17) is 10.7 Å². The zero-order chi connectivity index (χ0) is 32.2.